The van der Waals surface area contributed by atoms with Crippen molar-refractivity contribution < 1.29 is 14.3 Å². The molecule has 9 heteroatoms. The fourth-order valence-corrected chi connectivity index (χ4v) is 5.18. The molecule has 1 fully saturated rings. The van der Waals surface area contributed by atoms with Gasteiger partial charge in [-0.25, -0.2) is 9.37 Å². The van der Waals surface area contributed by atoms with E-state index in [0.29, 0.717) is 36.6 Å². The Morgan fingerprint density at radius 1 is 1.18 bits per heavy atom. The summed E-state index contributed by atoms with van der Waals surface area (Å²) in [6.45, 7) is 1.26. The van der Waals surface area contributed by atoms with Gasteiger partial charge in [0.25, 0.3) is 0 Å². The summed E-state index contributed by atoms with van der Waals surface area (Å²) in [6.07, 6.45) is 4.02. The van der Waals surface area contributed by atoms with Gasteiger partial charge in [0.05, 0.1) is 29.7 Å². The van der Waals surface area contributed by atoms with Crippen molar-refractivity contribution >= 4 is 17.5 Å². The minimum Gasteiger partial charge on any atom is -0.508 e. The number of amides is 1. The number of carbonyl (C=O) groups is 1. The molecule has 0 saturated carbocycles. The maximum absolute atomic E-state index is 14.3. The number of phenolic OH excluding ortho intramolecular Hbond substituents is 1. The number of rotatable bonds is 8. The molecule has 3 aromatic carbocycles. The lowest BCUT2D eigenvalue weighted by Gasteiger charge is -2.36. The van der Waals surface area contributed by atoms with E-state index in [0.717, 1.165) is 16.8 Å². The molecule has 2 heterocycles. The topological polar surface area (TPSA) is 94.2 Å². The first-order valence-corrected chi connectivity index (χ1v) is 12.6. The summed E-state index contributed by atoms with van der Waals surface area (Å²) in [5, 5.41) is 22.8. The molecule has 5 rings (SSSR count). The van der Waals surface area contributed by atoms with Crippen molar-refractivity contribution in [3.63, 3.8) is 0 Å². The number of imidazole rings is 1. The van der Waals surface area contributed by atoms with Crippen LogP contribution in [0.15, 0.2) is 79.3 Å². The van der Waals surface area contributed by atoms with Crippen LogP contribution in [0.25, 0.3) is 0 Å². The Morgan fingerprint density at radius 3 is 2.66 bits per heavy atom. The zero-order valence-electron chi connectivity index (χ0n) is 20.4. The zero-order valence-corrected chi connectivity index (χ0v) is 21.1. The number of benzene rings is 3. The highest BCUT2D eigenvalue weighted by molar-refractivity contribution is 6.30. The summed E-state index contributed by atoms with van der Waals surface area (Å²) in [5.41, 5.74) is 3.19. The quantitative estimate of drug-likeness (QED) is 0.342. The highest BCUT2D eigenvalue weighted by Gasteiger charge is 2.37. The second-order valence-corrected chi connectivity index (χ2v) is 9.70. The van der Waals surface area contributed by atoms with Gasteiger partial charge in [0.1, 0.15) is 17.6 Å². The van der Waals surface area contributed by atoms with E-state index in [1.165, 1.54) is 12.1 Å². The average Bonchev–Trinajstić information content (AvgIpc) is 3.52. The Labute approximate surface area is 224 Å². The minimum atomic E-state index is -0.569. The largest absolute Gasteiger partial charge is 0.508 e. The molecule has 38 heavy (non-hydrogen) atoms. The summed E-state index contributed by atoms with van der Waals surface area (Å²) in [6, 6.07) is 20.0. The number of hydrogen-bond donors (Lipinski definition) is 2. The zero-order chi connectivity index (χ0) is 26.6. The van der Waals surface area contributed by atoms with E-state index >= 15 is 0 Å². The molecule has 1 aliphatic heterocycles. The van der Waals surface area contributed by atoms with E-state index in [9.17, 15) is 14.3 Å². The van der Waals surface area contributed by atoms with Crippen molar-refractivity contribution in [2.45, 2.75) is 31.6 Å². The lowest BCUT2D eigenvalue weighted by atomic mass is 9.94. The van der Waals surface area contributed by atoms with Crippen molar-refractivity contribution in [2.75, 3.05) is 6.54 Å². The molecular weight excluding hydrogens is 505 g/mol. The molecular formula is C29H25ClFN5O2. The molecule has 192 valence electrons. The maximum atomic E-state index is 14.3. The number of aromatic hydroxyl groups is 1. The molecule has 2 N–H and O–H groups in total. The van der Waals surface area contributed by atoms with Gasteiger partial charge in [0, 0.05) is 30.9 Å². The van der Waals surface area contributed by atoms with Gasteiger partial charge < -0.3 is 15.0 Å². The average molecular weight is 530 g/mol. The van der Waals surface area contributed by atoms with Gasteiger partial charge in [0.2, 0.25) is 5.91 Å². The smallest absolute Gasteiger partial charge is 0.237 e. The predicted molar refractivity (Wildman–Crippen MR) is 141 cm³/mol. The van der Waals surface area contributed by atoms with Crippen LogP contribution in [0.2, 0.25) is 5.02 Å². The minimum absolute atomic E-state index is 0.00602. The molecule has 4 aromatic rings. The van der Waals surface area contributed by atoms with Crippen LogP contribution in [-0.2, 0) is 17.9 Å². The molecule has 7 nitrogen and oxygen atoms in total. The van der Waals surface area contributed by atoms with Gasteiger partial charge in [-0.2, -0.15) is 5.26 Å². The third-order valence-electron chi connectivity index (χ3n) is 6.75. The van der Waals surface area contributed by atoms with Crippen LogP contribution in [0.4, 0.5) is 4.39 Å². The van der Waals surface area contributed by atoms with Gasteiger partial charge >= 0.3 is 0 Å². The van der Waals surface area contributed by atoms with Crippen LogP contribution in [-0.4, -0.2) is 38.1 Å². The molecule has 2 atom stereocenters. The Hall–Kier alpha value is -4.19. The van der Waals surface area contributed by atoms with E-state index in [1.54, 1.807) is 42.9 Å². The monoisotopic (exact) mass is 529 g/mol. The third kappa shape index (κ3) is 5.40. The van der Waals surface area contributed by atoms with Gasteiger partial charge in [-0.05, 0) is 59.5 Å². The van der Waals surface area contributed by atoms with Gasteiger partial charge in [0.15, 0.2) is 0 Å². The second-order valence-electron chi connectivity index (χ2n) is 9.26. The number of carbonyl (C=O) groups excluding carboxylic acids is 1. The molecule has 0 spiro atoms. The number of nitrogens with one attached hydrogen (secondary N) is 1. The number of halogens is 2. The van der Waals surface area contributed by atoms with Crippen molar-refractivity contribution in [3.05, 3.63) is 118 Å². The van der Waals surface area contributed by atoms with Crippen molar-refractivity contribution in [1.29, 1.82) is 5.26 Å². The molecule has 1 aromatic heterocycles. The number of nitrogens with zero attached hydrogens (tertiary/aromatic N) is 4. The lowest BCUT2D eigenvalue weighted by Crippen LogP contribution is -2.43. The van der Waals surface area contributed by atoms with E-state index in [-0.39, 0.29) is 17.2 Å². The van der Waals surface area contributed by atoms with Crippen molar-refractivity contribution in [2.24, 2.45) is 0 Å². The highest BCUT2D eigenvalue weighted by atomic mass is 35.5. The number of nitriles is 1. The number of phenols is 1. The van der Waals surface area contributed by atoms with Crippen LogP contribution in [0, 0.1) is 17.1 Å². The second kappa shape index (κ2) is 11.1. The van der Waals surface area contributed by atoms with Crippen LogP contribution in [0.1, 0.15) is 40.4 Å². The Balaban J connectivity index is 1.55. The molecule has 0 aliphatic carbocycles. The van der Waals surface area contributed by atoms with Crippen LogP contribution in [0.3, 0.4) is 0 Å². The molecule has 1 aliphatic rings. The van der Waals surface area contributed by atoms with E-state index < -0.39 is 17.9 Å². The first-order chi connectivity index (χ1) is 18.4. The Bertz CT molecular complexity index is 1470. The Morgan fingerprint density at radius 2 is 1.97 bits per heavy atom. The van der Waals surface area contributed by atoms with Crippen LogP contribution in [0.5, 0.6) is 5.75 Å². The molecule has 1 amide bonds. The van der Waals surface area contributed by atoms with Gasteiger partial charge in [-0.1, -0.05) is 41.9 Å². The first-order valence-electron chi connectivity index (χ1n) is 12.2. The van der Waals surface area contributed by atoms with Crippen molar-refractivity contribution in [3.8, 4) is 11.8 Å². The van der Waals surface area contributed by atoms with E-state index in [4.69, 9.17) is 16.9 Å². The molecule has 0 bridgehead atoms. The first kappa shape index (κ1) is 25.5. The van der Waals surface area contributed by atoms with Crippen LogP contribution >= 0.6 is 11.6 Å². The standard InChI is InChI=1S/C29H25ClFN5O2/c30-23-5-1-3-20(12-23)28(21-4-2-6-25(37)13-21)36(27-9-10-34-29(27)38)17-24-15-33-18-35(24)16-19-7-8-22(14-32)26(31)11-19/h1-8,11-13,15,18,27-28,37H,9-10,16-17H2,(H,34,38). The number of aromatic nitrogens is 2. The normalized spacial score (nSPS) is 15.8. The third-order valence-corrected chi connectivity index (χ3v) is 6.99. The lowest BCUT2D eigenvalue weighted by molar-refractivity contribution is -0.124. The summed E-state index contributed by atoms with van der Waals surface area (Å²) in [4.78, 5) is 19.4. The summed E-state index contributed by atoms with van der Waals surface area (Å²) < 4.78 is 16.2. The molecule has 0 radical (unpaired) electrons. The fraction of sp³-hybridized carbons (Fsp3) is 0.207. The molecule has 2 unspecified atom stereocenters. The van der Waals surface area contributed by atoms with E-state index in [2.05, 4.69) is 15.2 Å². The summed E-state index contributed by atoms with van der Waals surface area (Å²) >= 11 is 6.38. The maximum Gasteiger partial charge on any atom is 0.237 e. The van der Waals surface area contributed by atoms with Crippen molar-refractivity contribution in [1.82, 2.24) is 19.8 Å². The Kier molecular flexibility index (Phi) is 7.40. The number of hydrogen-bond acceptors (Lipinski definition) is 5. The summed E-state index contributed by atoms with van der Waals surface area (Å²) in [7, 11) is 0. The van der Waals surface area contributed by atoms with Gasteiger partial charge in [-0.15, -0.1) is 0 Å². The highest BCUT2D eigenvalue weighted by Crippen LogP contribution is 2.36. The van der Waals surface area contributed by atoms with Gasteiger partial charge in [-0.3, -0.25) is 9.69 Å². The van der Waals surface area contributed by atoms with E-state index in [1.807, 2.05) is 34.9 Å². The van der Waals surface area contributed by atoms with Crippen LogP contribution < -0.4 is 5.32 Å². The fourth-order valence-electron chi connectivity index (χ4n) is 4.98. The predicted octanol–water partition coefficient (Wildman–Crippen LogP) is 4.78. The summed E-state index contributed by atoms with van der Waals surface area (Å²) in [5.74, 6) is -0.517. The SMILES string of the molecule is N#Cc1ccc(Cn2cncc2CN(C2CCNC2=O)C(c2cccc(O)c2)c2cccc(Cl)c2)cc1F. The molecule has 1 saturated heterocycles.